The molecule has 0 aromatic heterocycles. The summed E-state index contributed by atoms with van der Waals surface area (Å²) in [7, 11) is 0. The van der Waals surface area contributed by atoms with Crippen LogP contribution in [0.25, 0.3) is 0 Å². The van der Waals surface area contributed by atoms with Gasteiger partial charge in [-0.25, -0.2) is 0 Å². The van der Waals surface area contributed by atoms with Crippen molar-refractivity contribution >= 4 is 11.8 Å². The van der Waals surface area contributed by atoms with Gasteiger partial charge < -0.3 is 5.11 Å². The van der Waals surface area contributed by atoms with E-state index in [1.165, 1.54) is 47.5 Å². The molecule has 1 fully saturated rings. The molecule has 2 heteroatoms. The molecule has 0 amide bonds. The predicted molar refractivity (Wildman–Crippen MR) is 82.0 cm³/mol. The van der Waals surface area contributed by atoms with Gasteiger partial charge in [-0.05, 0) is 59.5 Å². The zero-order valence-corrected chi connectivity index (χ0v) is 12.8. The Bertz CT molecular complexity index is 466. The van der Waals surface area contributed by atoms with Crippen molar-refractivity contribution in [2.24, 2.45) is 5.92 Å². The Morgan fingerprint density at radius 2 is 2.16 bits per heavy atom. The van der Waals surface area contributed by atoms with Crippen molar-refractivity contribution in [3.63, 3.8) is 0 Å². The lowest BCUT2D eigenvalue weighted by Crippen LogP contribution is -2.23. The van der Waals surface area contributed by atoms with Crippen LogP contribution in [-0.4, -0.2) is 17.5 Å². The second-order valence-corrected chi connectivity index (χ2v) is 7.85. The van der Waals surface area contributed by atoms with E-state index >= 15 is 0 Å². The number of benzene rings is 1. The fourth-order valence-corrected chi connectivity index (χ4v) is 5.17. The zero-order chi connectivity index (χ0) is 13.5. The summed E-state index contributed by atoms with van der Waals surface area (Å²) >= 11 is 2.00. The minimum Gasteiger partial charge on any atom is -0.396 e. The quantitative estimate of drug-likeness (QED) is 0.867. The van der Waals surface area contributed by atoms with Crippen LogP contribution in [-0.2, 0) is 5.41 Å². The molecule has 1 heterocycles. The first kappa shape index (κ1) is 13.5. The van der Waals surface area contributed by atoms with E-state index in [0.717, 1.165) is 0 Å². The summed E-state index contributed by atoms with van der Waals surface area (Å²) in [6.07, 6.45) is 4.97. The maximum Gasteiger partial charge on any atom is 0.0465 e. The average Bonchev–Trinajstić information content (AvgIpc) is 2.86. The van der Waals surface area contributed by atoms with E-state index in [1.807, 2.05) is 11.8 Å². The molecule has 1 saturated carbocycles. The Morgan fingerprint density at radius 3 is 2.95 bits per heavy atom. The maximum absolute atomic E-state index is 9.53. The lowest BCUT2D eigenvalue weighted by molar-refractivity contribution is 0.217. The Kier molecular flexibility index (Phi) is 3.65. The standard InChI is InChI=1S/C17H24OS/c1-17(2)8-9-19-16-7-6-12(10-15(16)17)14-5-3-4-13(14)11-18/h6-7,10,13-14,18H,3-5,8-9,11H2,1-2H3. The third-order valence-electron chi connectivity index (χ3n) is 5.04. The van der Waals surface area contributed by atoms with Crippen molar-refractivity contribution < 1.29 is 5.11 Å². The van der Waals surface area contributed by atoms with Crippen molar-refractivity contribution in [2.75, 3.05) is 12.4 Å². The minimum atomic E-state index is 0.309. The highest BCUT2D eigenvalue weighted by Crippen LogP contribution is 2.45. The number of rotatable bonds is 2. The fraction of sp³-hybridized carbons (Fsp3) is 0.647. The molecule has 0 spiro atoms. The minimum absolute atomic E-state index is 0.309. The van der Waals surface area contributed by atoms with Gasteiger partial charge >= 0.3 is 0 Å². The third-order valence-corrected chi connectivity index (χ3v) is 6.11. The van der Waals surface area contributed by atoms with Gasteiger partial charge in [-0.2, -0.15) is 0 Å². The van der Waals surface area contributed by atoms with Crippen molar-refractivity contribution in [2.45, 2.75) is 55.8 Å². The van der Waals surface area contributed by atoms with Gasteiger partial charge in [-0.15, -0.1) is 11.8 Å². The lowest BCUT2D eigenvalue weighted by atomic mass is 9.79. The SMILES string of the molecule is CC1(C)CCSc2ccc(C3CCCC3CO)cc21. The van der Waals surface area contributed by atoms with E-state index in [1.54, 1.807) is 0 Å². The number of hydrogen-bond acceptors (Lipinski definition) is 2. The number of hydrogen-bond donors (Lipinski definition) is 1. The summed E-state index contributed by atoms with van der Waals surface area (Å²) in [5.41, 5.74) is 3.31. The highest BCUT2D eigenvalue weighted by Gasteiger charge is 2.32. The molecular formula is C17H24OS. The first-order valence-corrected chi connectivity index (χ1v) is 8.48. The van der Waals surface area contributed by atoms with E-state index in [4.69, 9.17) is 0 Å². The van der Waals surface area contributed by atoms with Gasteiger partial charge in [0, 0.05) is 11.5 Å². The van der Waals surface area contributed by atoms with Crippen LogP contribution >= 0.6 is 11.8 Å². The summed E-state index contributed by atoms with van der Waals surface area (Å²) < 4.78 is 0. The van der Waals surface area contributed by atoms with Crippen LogP contribution in [0.3, 0.4) is 0 Å². The average molecular weight is 276 g/mol. The Labute approximate surface area is 120 Å². The molecule has 1 aliphatic carbocycles. The smallest absolute Gasteiger partial charge is 0.0465 e. The molecule has 1 nitrogen and oxygen atoms in total. The highest BCUT2D eigenvalue weighted by molar-refractivity contribution is 7.99. The number of aliphatic hydroxyl groups excluding tert-OH is 1. The molecule has 0 radical (unpaired) electrons. The Hall–Kier alpha value is -0.470. The topological polar surface area (TPSA) is 20.2 Å². The van der Waals surface area contributed by atoms with Crippen LogP contribution in [0.15, 0.2) is 23.1 Å². The van der Waals surface area contributed by atoms with Crippen LogP contribution in [0.1, 0.15) is 56.6 Å². The molecule has 0 bridgehead atoms. The van der Waals surface area contributed by atoms with E-state index in [9.17, 15) is 5.11 Å². The molecule has 19 heavy (non-hydrogen) atoms. The van der Waals surface area contributed by atoms with Crippen molar-refractivity contribution in [3.8, 4) is 0 Å². The van der Waals surface area contributed by atoms with E-state index in [2.05, 4.69) is 32.0 Å². The van der Waals surface area contributed by atoms with E-state index < -0.39 is 0 Å². The summed E-state index contributed by atoms with van der Waals surface area (Å²) in [4.78, 5) is 1.47. The molecule has 1 N–H and O–H groups in total. The molecule has 2 atom stereocenters. The first-order chi connectivity index (χ1) is 9.12. The molecule has 104 valence electrons. The lowest BCUT2D eigenvalue weighted by Gasteiger charge is -2.33. The molecule has 2 unspecified atom stereocenters. The van der Waals surface area contributed by atoms with E-state index in [0.29, 0.717) is 23.9 Å². The number of thioether (sulfide) groups is 1. The third kappa shape index (κ3) is 2.45. The van der Waals surface area contributed by atoms with Gasteiger partial charge in [-0.1, -0.05) is 32.4 Å². The van der Waals surface area contributed by atoms with E-state index in [-0.39, 0.29) is 0 Å². The predicted octanol–water partition coefficient (Wildman–Crippen LogP) is 4.34. The Morgan fingerprint density at radius 1 is 1.32 bits per heavy atom. The van der Waals surface area contributed by atoms with Gasteiger partial charge in [0.05, 0.1) is 0 Å². The number of aliphatic hydroxyl groups is 1. The van der Waals surface area contributed by atoms with Crippen LogP contribution in [0.2, 0.25) is 0 Å². The fourth-order valence-electron chi connectivity index (χ4n) is 3.68. The maximum atomic E-state index is 9.53. The second-order valence-electron chi connectivity index (χ2n) is 6.72. The zero-order valence-electron chi connectivity index (χ0n) is 12.0. The Balaban J connectivity index is 1.96. The van der Waals surface area contributed by atoms with Gasteiger partial charge in [0.15, 0.2) is 0 Å². The normalized spacial score (nSPS) is 29.2. The molecule has 0 saturated heterocycles. The number of fused-ring (bicyclic) bond motifs is 1. The van der Waals surface area contributed by atoms with Crippen LogP contribution in [0.4, 0.5) is 0 Å². The van der Waals surface area contributed by atoms with Gasteiger partial charge in [0.1, 0.15) is 0 Å². The van der Waals surface area contributed by atoms with Gasteiger partial charge in [0.2, 0.25) is 0 Å². The van der Waals surface area contributed by atoms with Crippen molar-refractivity contribution in [1.82, 2.24) is 0 Å². The van der Waals surface area contributed by atoms with Crippen LogP contribution in [0, 0.1) is 5.92 Å². The van der Waals surface area contributed by atoms with Crippen molar-refractivity contribution in [1.29, 1.82) is 0 Å². The van der Waals surface area contributed by atoms with Gasteiger partial charge in [0.25, 0.3) is 0 Å². The molecule has 1 aliphatic heterocycles. The molecule has 1 aromatic carbocycles. The summed E-state index contributed by atoms with van der Waals surface area (Å²) in [5.74, 6) is 2.30. The summed E-state index contributed by atoms with van der Waals surface area (Å²) in [6, 6.07) is 7.08. The summed E-state index contributed by atoms with van der Waals surface area (Å²) in [6.45, 7) is 5.08. The summed E-state index contributed by atoms with van der Waals surface area (Å²) in [5, 5.41) is 9.53. The molecular weight excluding hydrogens is 252 g/mol. The van der Waals surface area contributed by atoms with Crippen molar-refractivity contribution in [3.05, 3.63) is 29.3 Å². The molecule has 2 aliphatic rings. The molecule has 1 aromatic rings. The molecule has 3 rings (SSSR count). The van der Waals surface area contributed by atoms with Crippen LogP contribution < -0.4 is 0 Å². The van der Waals surface area contributed by atoms with Crippen LogP contribution in [0.5, 0.6) is 0 Å². The van der Waals surface area contributed by atoms with Gasteiger partial charge in [-0.3, -0.25) is 0 Å². The largest absolute Gasteiger partial charge is 0.396 e. The second kappa shape index (κ2) is 5.14. The highest BCUT2D eigenvalue weighted by atomic mass is 32.2. The monoisotopic (exact) mass is 276 g/mol. The first-order valence-electron chi connectivity index (χ1n) is 7.50.